The number of halogens is 1. The Labute approximate surface area is 123 Å². The summed E-state index contributed by atoms with van der Waals surface area (Å²) in [5.74, 6) is 0.404. The minimum Gasteiger partial charge on any atom is -0.494 e. The van der Waals surface area contributed by atoms with Gasteiger partial charge >= 0.3 is 0 Å². The Bertz CT molecular complexity index is 541. The van der Waals surface area contributed by atoms with Crippen molar-refractivity contribution in [2.45, 2.75) is 38.8 Å². The van der Waals surface area contributed by atoms with Gasteiger partial charge in [0.25, 0.3) is 0 Å². The Morgan fingerprint density at radius 1 is 1.33 bits per heavy atom. The van der Waals surface area contributed by atoms with E-state index in [9.17, 15) is 4.39 Å². The third-order valence-corrected chi connectivity index (χ3v) is 3.15. The first kappa shape index (κ1) is 15.4. The molecule has 6 heteroatoms. The van der Waals surface area contributed by atoms with Crippen molar-refractivity contribution in [3.8, 4) is 5.75 Å². The van der Waals surface area contributed by atoms with Crippen LogP contribution in [0.2, 0.25) is 0 Å². The highest BCUT2D eigenvalue weighted by Crippen LogP contribution is 2.13. The van der Waals surface area contributed by atoms with Gasteiger partial charge in [-0.2, -0.15) is 0 Å². The van der Waals surface area contributed by atoms with Gasteiger partial charge in [-0.15, -0.1) is 5.10 Å². The van der Waals surface area contributed by atoms with Gasteiger partial charge in [0.05, 0.1) is 24.5 Å². The Morgan fingerprint density at radius 3 is 2.81 bits per heavy atom. The van der Waals surface area contributed by atoms with Gasteiger partial charge in [0, 0.05) is 13.0 Å². The first-order chi connectivity index (χ1) is 10.2. The fourth-order valence-corrected chi connectivity index (χ4v) is 2.00. The molecule has 114 valence electrons. The Morgan fingerprint density at radius 2 is 2.10 bits per heavy atom. The third-order valence-electron chi connectivity index (χ3n) is 3.15. The molecule has 1 unspecified atom stereocenters. The van der Waals surface area contributed by atoms with Crippen molar-refractivity contribution < 1.29 is 9.13 Å². The zero-order valence-electron chi connectivity index (χ0n) is 12.2. The minimum absolute atomic E-state index is 0.0424. The number of rotatable bonds is 8. The summed E-state index contributed by atoms with van der Waals surface area (Å²) in [6.07, 6.45) is 4.62. The number of aromatic nitrogens is 3. The molecule has 0 fully saturated rings. The molecule has 0 aliphatic rings. The third kappa shape index (κ3) is 4.82. The summed E-state index contributed by atoms with van der Waals surface area (Å²) < 4.78 is 20.0. The zero-order chi connectivity index (χ0) is 15.1. The highest BCUT2D eigenvalue weighted by atomic mass is 19.1. The normalized spacial score (nSPS) is 12.3. The molecule has 1 heterocycles. The van der Waals surface area contributed by atoms with Gasteiger partial charge in [0.1, 0.15) is 11.6 Å². The molecule has 0 saturated heterocycles. The number of benzene rings is 1. The maximum absolute atomic E-state index is 12.7. The molecular weight excluding hydrogens is 271 g/mol. The predicted molar refractivity (Wildman–Crippen MR) is 78.4 cm³/mol. The van der Waals surface area contributed by atoms with Crippen LogP contribution in [0.15, 0.2) is 30.5 Å². The molecule has 2 aromatic rings. The number of ether oxygens (including phenoxy) is 1. The minimum atomic E-state index is -0.263. The van der Waals surface area contributed by atoms with Crippen molar-refractivity contribution in [1.29, 1.82) is 0 Å². The van der Waals surface area contributed by atoms with Gasteiger partial charge in [-0.05, 0) is 30.7 Å². The zero-order valence-corrected chi connectivity index (χ0v) is 12.2. The largest absolute Gasteiger partial charge is 0.494 e. The molecule has 0 aliphatic carbocycles. The maximum atomic E-state index is 12.7. The van der Waals surface area contributed by atoms with Crippen molar-refractivity contribution in [1.82, 2.24) is 15.0 Å². The summed E-state index contributed by atoms with van der Waals surface area (Å²) >= 11 is 0. The Kier molecular flexibility index (Phi) is 5.68. The lowest BCUT2D eigenvalue weighted by Gasteiger charge is -2.06. The molecule has 0 saturated carbocycles. The Balaban J connectivity index is 1.72. The highest BCUT2D eigenvalue weighted by molar-refractivity contribution is 5.21. The van der Waals surface area contributed by atoms with Gasteiger partial charge in [0.15, 0.2) is 0 Å². The average Bonchev–Trinajstić information content (AvgIpc) is 2.95. The number of hydrogen-bond donors (Lipinski definition) is 1. The van der Waals surface area contributed by atoms with E-state index in [4.69, 9.17) is 10.5 Å². The van der Waals surface area contributed by atoms with E-state index in [-0.39, 0.29) is 11.9 Å². The van der Waals surface area contributed by atoms with Crippen LogP contribution in [-0.4, -0.2) is 21.6 Å². The topological polar surface area (TPSA) is 66.0 Å². The number of nitrogens with zero attached hydrogens (tertiary/aromatic N) is 3. The lowest BCUT2D eigenvalue weighted by molar-refractivity contribution is 0.297. The molecule has 0 radical (unpaired) electrons. The summed E-state index contributed by atoms with van der Waals surface area (Å²) in [5, 5.41) is 8.14. The lowest BCUT2D eigenvalue weighted by atomic mass is 10.1. The molecule has 5 nitrogen and oxygen atoms in total. The number of aryl methyl sites for hydroxylation is 1. The van der Waals surface area contributed by atoms with E-state index < -0.39 is 0 Å². The van der Waals surface area contributed by atoms with E-state index >= 15 is 0 Å². The first-order valence-electron chi connectivity index (χ1n) is 7.23. The SMILES string of the molecule is CCCC(N)c1cn(CCCOc2ccc(F)cc2)nn1. The van der Waals surface area contributed by atoms with Gasteiger partial charge in [0.2, 0.25) is 0 Å². The van der Waals surface area contributed by atoms with Crippen LogP contribution in [0, 0.1) is 5.82 Å². The monoisotopic (exact) mass is 292 g/mol. The smallest absolute Gasteiger partial charge is 0.123 e. The maximum Gasteiger partial charge on any atom is 0.123 e. The molecule has 0 bridgehead atoms. The van der Waals surface area contributed by atoms with E-state index in [0.717, 1.165) is 25.0 Å². The second kappa shape index (κ2) is 7.73. The quantitative estimate of drug-likeness (QED) is 0.760. The molecule has 0 amide bonds. The van der Waals surface area contributed by atoms with E-state index in [0.29, 0.717) is 18.9 Å². The van der Waals surface area contributed by atoms with Crippen LogP contribution in [-0.2, 0) is 6.54 Å². The second-order valence-corrected chi connectivity index (χ2v) is 4.96. The first-order valence-corrected chi connectivity index (χ1v) is 7.23. The van der Waals surface area contributed by atoms with Gasteiger partial charge in [-0.1, -0.05) is 18.6 Å². The van der Waals surface area contributed by atoms with Crippen LogP contribution in [0.1, 0.15) is 37.9 Å². The van der Waals surface area contributed by atoms with Crippen molar-refractivity contribution in [3.05, 3.63) is 42.0 Å². The standard InChI is InChI=1S/C15H21FN4O/c1-2-4-14(17)15-11-20(19-18-15)9-3-10-21-13-7-5-12(16)6-8-13/h5-8,11,14H,2-4,9-10,17H2,1H3. The van der Waals surface area contributed by atoms with Crippen LogP contribution < -0.4 is 10.5 Å². The van der Waals surface area contributed by atoms with E-state index in [1.807, 2.05) is 6.20 Å². The van der Waals surface area contributed by atoms with E-state index in [1.165, 1.54) is 12.1 Å². The van der Waals surface area contributed by atoms with Crippen molar-refractivity contribution in [3.63, 3.8) is 0 Å². The number of hydrogen-bond acceptors (Lipinski definition) is 4. The fourth-order valence-electron chi connectivity index (χ4n) is 2.00. The molecule has 0 aliphatic heterocycles. The molecular formula is C15H21FN4O. The van der Waals surface area contributed by atoms with Crippen molar-refractivity contribution >= 4 is 0 Å². The van der Waals surface area contributed by atoms with Crippen LogP contribution in [0.4, 0.5) is 4.39 Å². The van der Waals surface area contributed by atoms with Gasteiger partial charge in [-0.3, -0.25) is 4.68 Å². The average molecular weight is 292 g/mol. The second-order valence-electron chi connectivity index (χ2n) is 4.96. The van der Waals surface area contributed by atoms with Crippen molar-refractivity contribution in [2.24, 2.45) is 5.73 Å². The van der Waals surface area contributed by atoms with Crippen LogP contribution in [0.25, 0.3) is 0 Å². The summed E-state index contributed by atoms with van der Waals surface area (Å²) in [5.41, 5.74) is 6.82. The van der Waals surface area contributed by atoms with Crippen LogP contribution in [0.3, 0.4) is 0 Å². The molecule has 1 aromatic heterocycles. The molecule has 0 spiro atoms. The lowest BCUT2D eigenvalue weighted by Crippen LogP contribution is -2.10. The summed E-state index contributed by atoms with van der Waals surface area (Å²) in [6, 6.07) is 5.96. The van der Waals surface area contributed by atoms with Gasteiger partial charge < -0.3 is 10.5 Å². The van der Waals surface area contributed by atoms with Crippen LogP contribution >= 0.6 is 0 Å². The van der Waals surface area contributed by atoms with Gasteiger partial charge in [-0.25, -0.2) is 4.39 Å². The predicted octanol–water partition coefficient (Wildman–Crippen LogP) is 2.69. The summed E-state index contributed by atoms with van der Waals surface area (Å²) in [7, 11) is 0. The molecule has 2 N–H and O–H groups in total. The molecule has 2 rings (SSSR count). The van der Waals surface area contributed by atoms with Crippen molar-refractivity contribution in [2.75, 3.05) is 6.61 Å². The molecule has 1 aromatic carbocycles. The highest BCUT2D eigenvalue weighted by Gasteiger charge is 2.09. The molecule has 21 heavy (non-hydrogen) atoms. The number of nitrogens with two attached hydrogens (primary N) is 1. The Hall–Kier alpha value is -1.95. The fraction of sp³-hybridized carbons (Fsp3) is 0.467. The van der Waals surface area contributed by atoms with Crippen LogP contribution in [0.5, 0.6) is 5.75 Å². The van der Waals surface area contributed by atoms with E-state index in [2.05, 4.69) is 17.2 Å². The van der Waals surface area contributed by atoms with E-state index in [1.54, 1.807) is 16.8 Å². The molecule has 1 atom stereocenters. The summed E-state index contributed by atoms with van der Waals surface area (Å²) in [4.78, 5) is 0. The summed E-state index contributed by atoms with van der Waals surface area (Å²) in [6.45, 7) is 3.35.